The summed E-state index contributed by atoms with van der Waals surface area (Å²) in [4.78, 5) is 14.4. The summed E-state index contributed by atoms with van der Waals surface area (Å²) in [5.74, 6) is 0.744. The van der Waals surface area contributed by atoms with Crippen LogP contribution in [-0.2, 0) is 14.8 Å². The van der Waals surface area contributed by atoms with Gasteiger partial charge in [0, 0.05) is 31.9 Å². The van der Waals surface area contributed by atoms with Crippen molar-refractivity contribution in [2.24, 2.45) is 0 Å². The highest BCUT2D eigenvalue weighted by Gasteiger charge is 2.29. The molecule has 1 aliphatic heterocycles. The van der Waals surface area contributed by atoms with E-state index in [-0.39, 0.29) is 30.4 Å². The molecule has 3 aromatic carbocycles. The van der Waals surface area contributed by atoms with E-state index in [4.69, 9.17) is 4.74 Å². The first kappa shape index (κ1) is 23.9. The molecule has 0 radical (unpaired) electrons. The summed E-state index contributed by atoms with van der Waals surface area (Å²) < 4.78 is 45.7. The standard InChI is InChI=1S/C25H26FN3O4S/c1-19-2-8-22(9-3-19)33-23-10-6-21(7-11-23)27-25(30)18-28-14-16-29(17-15-28)34(31,32)24-12-4-20(26)5-13-24/h2-13H,14-18H2,1H3,(H,27,30). The van der Waals surface area contributed by atoms with Crippen molar-refractivity contribution in [1.82, 2.24) is 9.21 Å². The van der Waals surface area contributed by atoms with Crippen molar-refractivity contribution in [3.63, 3.8) is 0 Å². The number of anilines is 1. The Morgan fingerprint density at radius 3 is 2.03 bits per heavy atom. The highest BCUT2D eigenvalue weighted by Crippen LogP contribution is 2.23. The molecule has 0 atom stereocenters. The third-order valence-electron chi connectivity index (χ3n) is 5.54. The van der Waals surface area contributed by atoms with Crippen LogP contribution in [0.3, 0.4) is 0 Å². The third kappa shape index (κ3) is 5.99. The van der Waals surface area contributed by atoms with E-state index in [0.717, 1.165) is 23.4 Å². The van der Waals surface area contributed by atoms with Gasteiger partial charge in [-0.15, -0.1) is 0 Å². The van der Waals surface area contributed by atoms with Crippen LogP contribution in [0.1, 0.15) is 5.56 Å². The maximum atomic E-state index is 13.1. The first-order chi connectivity index (χ1) is 16.3. The lowest BCUT2D eigenvalue weighted by Gasteiger charge is -2.33. The summed E-state index contributed by atoms with van der Waals surface area (Å²) >= 11 is 0. The number of benzene rings is 3. The quantitative estimate of drug-likeness (QED) is 0.552. The second-order valence-electron chi connectivity index (χ2n) is 8.12. The summed E-state index contributed by atoms with van der Waals surface area (Å²) in [6.45, 7) is 3.55. The Bertz CT molecular complexity index is 1220. The summed E-state index contributed by atoms with van der Waals surface area (Å²) in [6.07, 6.45) is 0. The number of nitrogens with one attached hydrogen (secondary N) is 1. The Kier molecular flexibility index (Phi) is 7.26. The fourth-order valence-corrected chi connectivity index (χ4v) is 5.06. The van der Waals surface area contributed by atoms with Gasteiger partial charge in [0.25, 0.3) is 0 Å². The molecular formula is C25H26FN3O4S. The minimum absolute atomic E-state index is 0.0647. The molecule has 178 valence electrons. The van der Waals surface area contributed by atoms with Crippen molar-refractivity contribution >= 4 is 21.6 Å². The molecule has 0 aliphatic carbocycles. The highest BCUT2D eigenvalue weighted by molar-refractivity contribution is 7.89. The first-order valence-corrected chi connectivity index (χ1v) is 12.4. The van der Waals surface area contributed by atoms with Gasteiger partial charge < -0.3 is 10.1 Å². The van der Waals surface area contributed by atoms with Crippen LogP contribution in [0.5, 0.6) is 11.5 Å². The third-order valence-corrected chi connectivity index (χ3v) is 7.46. The monoisotopic (exact) mass is 483 g/mol. The Labute approximate surface area is 198 Å². The number of rotatable bonds is 7. The van der Waals surface area contributed by atoms with Crippen molar-refractivity contribution in [3.05, 3.63) is 84.2 Å². The number of hydrogen-bond acceptors (Lipinski definition) is 5. The average Bonchev–Trinajstić information content (AvgIpc) is 2.82. The Hall–Kier alpha value is -3.27. The van der Waals surface area contributed by atoms with Gasteiger partial charge in [-0.25, -0.2) is 12.8 Å². The topological polar surface area (TPSA) is 79.0 Å². The zero-order valence-electron chi connectivity index (χ0n) is 18.8. The van der Waals surface area contributed by atoms with Gasteiger partial charge in [-0.1, -0.05) is 17.7 Å². The smallest absolute Gasteiger partial charge is 0.243 e. The Morgan fingerprint density at radius 1 is 0.882 bits per heavy atom. The lowest BCUT2D eigenvalue weighted by Crippen LogP contribution is -2.50. The second kappa shape index (κ2) is 10.3. The highest BCUT2D eigenvalue weighted by atomic mass is 32.2. The normalized spacial score (nSPS) is 15.1. The number of aryl methyl sites for hydroxylation is 1. The molecule has 0 aromatic heterocycles. The van der Waals surface area contributed by atoms with Crippen LogP contribution in [0, 0.1) is 12.7 Å². The van der Waals surface area contributed by atoms with E-state index >= 15 is 0 Å². The van der Waals surface area contributed by atoms with Gasteiger partial charge in [0.05, 0.1) is 11.4 Å². The van der Waals surface area contributed by atoms with Gasteiger partial charge in [-0.05, 0) is 67.6 Å². The molecule has 0 unspecified atom stereocenters. The zero-order valence-corrected chi connectivity index (χ0v) is 19.6. The summed E-state index contributed by atoms with van der Waals surface area (Å²) in [5, 5.41) is 2.86. The molecule has 1 amide bonds. The number of piperazine rings is 1. The minimum Gasteiger partial charge on any atom is -0.457 e. The van der Waals surface area contributed by atoms with Crippen molar-refractivity contribution in [1.29, 1.82) is 0 Å². The fourth-order valence-electron chi connectivity index (χ4n) is 3.64. The van der Waals surface area contributed by atoms with Crippen LogP contribution < -0.4 is 10.1 Å². The number of hydrogen-bond donors (Lipinski definition) is 1. The molecule has 34 heavy (non-hydrogen) atoms. The second-order valence-corrected chi connectivity index (χ2v) is 10.1. The molecule has 1 N–H and O–H groups in total. The molecule has 1 heterocycles. The Morgan fingerprint density at radius 2 is 1.44 bits per heavy atom. The van der Waals surface area contributed by atoms with Gasteiger partial charge in [0.15, 0.2) is 0 Å². The van der Waals surface area contributed by atoms with Crippen molar-refractivity contribution in [3.8, 4) is 11.5 Å². The van der Waals surface area contributed by atoms with E-state index in [9.17, 15) is 17.6 Å². The molecule has 0 bridgehead atoms. The van der Waals surface area contributed by atoms with Crippen LogP contribution in [0.25, 0.3) is 0 Å². The molecular weight excluding hydrogens is 457 g/mol. The predicted octanol–water partition coefficient (Wildman–Crippen LogP) is 3.87. The SMILES string of the molecule is Cc1ccc(Oc2ccc(NC(=O)CN3CCN(S(=O)(=O)c4ccc(F)cc4)CC3)cc2)cc1. The molecule has 1 aliphatic rings. The van der Waals surface area contributed by atoms with Crippen LogP contribution in [0.2, 0.25) is 0 Å². The minimum atomic E-state index is -3.68. The fraction of sp³-hybridized carbons (Fsp3) is 0.240. The van der Waals surface area contributed by atoms with Crippen molar-refractivity contribution in [2.45, 2.75) is 11.8 Å². The molecule has 0 spiro atoms. The lowest BCUT2D eigenvalue weighted by molar-refractivity contribution is -0.117. The summed E-state index contributed by atoms with van der Waals surface area (Å²) in [7, 11) is -3.68. The van der Waals surface area contributed by atoms with Crippen molar-refractivity contribution in [2.75, 3.05) is 38.0 Å². The predicted molar refractivity (Wildman–Crippen MR) is 128 cm³/mol. The van der Waals surface area contributed by atoms with E-state index in [0.29, 0.717) is 24.5 Å². The van der Waals surface area contributed by atoms with E-state index in [2.05, 4.69) is 5.32 Å². The first-order valence-electron chi connectivity index (χ1n) is 10.9. The van der Waals surface area contributed by atoms with Crippen molar-refractivity contribution < 1.29 is 22.3 Å². The van der Waals surface area contributed by atoms with Gasteiger partial charge in [-0.3, -0.25) is 9.69 Å². The molecule has 3 aromatic rings. The van der Waals surface area contributed by atoms with E-state index in [1.54, 1.807) is 24.3 Å². The van der Waals surface area contributed by atoms with E-state index < -0.39 is 15.8 Å². The summed E-state index contributed by atoms with van der Waals surface area (Å²) in [5.41, 5.74) is 1.81. The molecule has 1 fully saturated rings. The van der Waals surface area contributed by atoms with Crippen LogP contribution >= 0.6 is 0 Å². The van der Waals surface area contributed by atoms with Gasteiger partial charge >= 0.3 is 0 Å². The molecule has 1 saturated heterocycles. The van der Waals surface area contributed by atoms with Crippen LogP contribution in [0.4, 0.5) is 10.1 Å². The van der Waals surface area contributed by atoms with Crippen LogP contribution in [-0.4, -0.2) is 56.3 Å². The lowest BCUT2D eigenvalue weighted by atomic mass is 10.2. The van der Waals surface area contributed by atoms with E-state index in [1.807, 2.05) is 36.1 Å². The van der Waals surface area contributed by atoms with Gasteiger partial charge in [-0.2, -0.15) is 4.31 Å². The van der Waals surface area contributed by atoms with Gasteiger partial charge in [0.1, 0.15) is 17.3 Å². The largest absolute Gasteiger partial charge is 0.457 e. The van der Waals surface area contributed by atoms with Gasteiger partial charge in [0.2, 0.25) is 15.9 Å². The Balaban J connectivity index is 1.25. The number of amides is 1. The number of ether oxygens (including phenoxy) is 1. The average molecular weight is 484 g/mol. The zero-order chi connectivity index (χ0) is 24.1. The molecule has 9 heteroatoms. The molecule has 0 saturated carbocycles. The number of nitrogens with zero attached hydrogens (tertiary/aromatic N) is 2. The molecule has 4 rings (SSSR count). The molecule has 7 nitrogen and oxygen atoms in total. The summed E-state index contributed by atoms with van der Waals surface area (Å²) in [6, 6.07) is 19.7. The maximum Gasteiger partial charge on any atom is 0.243 e. The van der Waals surface area contributed by atoms with Crippen LogP contribution in [0.15, 0.2) is 77.7 Å². The van der Waals surface area contributed by atoms with E-state index in [1.165, 1.54) is 16.4 Å². The number of halogens is 1. The number of carbonyl (C=O) groups is 1. The number of sulfonamides is 1. The number of carbonyl (C=O) groups excluding carboxylic acids is 1. The maximum absolute atomic E-state index is 13.1.